The number of hydrogen-bond acceptors (Lipinski definition) is 0. The van der Waals surface area contributed by atoms with Crippen LogP contribution < -0.4 is 0 Å². The van der Waals surface area contributed by atoms with Crippen LogP contribution in [0.1, 0.15) is 18.1 Å². The predicted octanol–water partition coefficient (Wildman–Crippen LogP) is 4.99. The Balaban J connectivity index is 2.38. The van der Waals surface area contributed by atoms with Gasteiger partial charge >= 0.3 is 0 Å². The first-order chi connectivity index (χ1) is 7.70. The summed E-state index contributed by atoms with van der Waals surface area (Å²) in [5, 5.41) is 0. The van der Waals surface area contributed by atoms with Gasteiger partial charge in [0.1, 0.15) is 0 Å². The third kappa shape index (κ3) is 2.35. The molecular weight excluding hydrogens is 260 g/mol. The van der Waals surface area contributed by atoms with Gasteiger partial charge in [-0.25, -0.2) is 0 Å². The zero-order valence-corrected chi connectivity index (χ0v) is 11.2. The molecule has 82 valence electrons. The molecule has 0 amide bonds. The Hall–Kier alpha value is -1.08. The van der Waals surface area contributed by atoms with Gasteiger partial charge in [-0.2, -0.15) is 0 Å². The SMILES string of the molecule is CCc1ccc(-c2ccc(Br)c(C)c2)cc1. The Morgan fingerprint density at radius 3 is 2.12 bits per heavy atom. The second kappa shape index (κ2) is 4.84. The van der Waals surface area contributed by atoms with Crippen LogP contribution in [-0.4, -0.2) is 0 Å². The highest BCUT2D eigenvalue weighted by Gasteiger charge is 2.00. The zero-order valence-electron chi connectivity index (χ0n) is 9.63. The van der Waals surface area contributed by atoms with E-state index >= 15 is 0 Å². The lowest BCUT2D eigenvalue weighted by Crippen LogP contribution is -1.83. The Bertz CT molecular complexity index is 483. The maximum Gasteiger partial charge on any atom is 0.0204 e. The van der Waals surface area contributed by atoms with Crippen molar-refractivity contribution in [2.45, 2.75) is 20.3 Å². The fourth-order valence-corrected chi connectivity index (χ4v) is 2.00. The summed E-state index contributed by atoms with van der Waals surface area (Å²) in [5.41, 5.74) is 5.23. The van der Waals surface area contributed by atoms with E-state index in [1.807, 2.05) is 0 Å². The summed E-state index contributed by atoms with van der Waals surface area (Å²) < 4.78 is 1.17. The van der Waals surface area contributed by atoms with Gasteiger partial charge < -0.3 is 0 Å². The van der Waals surface area contributed by atoms with E-state index in [0.29, 0.717) is 0 Å². The van der Waals surface area contributed by atoms with Crippen LogP contribution in [0.4, 0.5) is 0 Å². The van der Waals surface area contributed by atoms with E-state index in [2.05, 4.69) is 72.2 Å². The molecule has 2 aromatic carbocycles. The fraction of sp³-hybridized carbons (Fsp3) is 0.200. The van der Waals surface area contributed by atoms with Crippen molar-refractivity contribution in [1.29, 1.82) is 0 Å². The van der Waals surface area contributed by atoms with Gasteiger partial charge in [0.15, 0.2) is 0 Å². The average Bonchev–Trinajstić information content (AvgIpc) is 2.33. The highest BCUT2D eigenvalue weighted by atomic mass is 79.9. The molecule has 1 heteroatoms. The second-order valence-corrected chi connectivity index (χ2v) is 4.87. The Kier molecular flexibility index (Phi) is 3.45. The summed E-state index contributed by atoms with van der Waals surface area (Å²) in [6.45, 7) is 4.30. The molecule has 0 bridgehead atoms. The van der Waals surface area contributed by atoms with Crippen molar-refractivity contribution in [3.63, 3.8) is 0 Å². The molecule has 2 aromatic rings. The van der Waals surface area contributed by atoms with E-state index in [9.17, 15) is 0 Å². The number of halogens is 1. The van der Waals surface area contributed by atoms with Crippen LogP contribution in [0.25, 0.3) is 11.1 Å². The van der Waals surface area contributed by atoms with E-state index in [1.54, 1.807) is 0 Å². The third-order valence-electron chi connectivity index (χ3n) is 2.85. The highest BCUT2D eigenvalue weighted by Crippen LogP contribution is 2.25. The van der Waals surface area contributed by atoms with Gasteiger partial charge in [0.2, 0.25) is 0 Å². The minimum atomic E-state index is 1.10. The van der Waals surface area contributed by atoms with Crippen LogP contribution in [0.15, 0.2) is 46.9 Å². The normalized spacial score (nSPS) is 10.4. The molecular formula is C15H15Br. The number of aryl methyl sites for hydroxylation is 2. The molecule has 0 aliphatic carbocycles. The minimum absolute atomic E-state index is 1.10. The van der Waals surface area contributed by atoms with E-state index in [1.165, 1.54) is 26.7 Å². The van der Waals surface area contributed by atoms with Gasteiger partial charge in [0, 0.05) is 4.47 Å². The summed E-state index contributed by atoms with van der Waals surface area (Å²) in [4.78, 5) is 0. The standard InChI is InChI=1S/C15H15Br/c1-3-12-4-6-13(7-5-12)14-8-9-15(16)11(2)10-14/h4-10H,3H2,1-2H3. The Morgan fingerprint density at radius 2 is 1.56 bits per heavy atom. The van der Waals surface area contributed by atoms with Crippen LogP contribution in [0.5, 0.6) is 0 Å². The summed E-state index contributed by atoms with van der Waals surface area (Å²) in [6.07, 6.45) is 1.10. The summed E-state index contributed by atoms with van der Waals surface area (Å²) in [5.74, 6) is 0. The van der Waals surface area contributed by atoms with Gasteiger partial charge in [0.25, 0.3) is 0 Å². The van der Waals surface area contributed by atoms with E-state index in [0.717, 1.165) is 6.42 Å². The lowest BCUT2D eigenvalue weighted by Gasteiger charge is -2.05. The zero-order chi connectivity index (χ0) is 11.5. The monoisotopic (exact) mass is 274 g/mol. The van der Waals surface area contributed by atoms with E-state index in [-0.39, 0.29) is 0 Å². The van der Waals surface area contributed by atoms with Gasteiger partial charge in [-0.1, -0.05) is 59.3 Å². The molecule has 0 nitrogen and oxygen atoms in total. The van der Waals surface area contributed by atoms with Crippen molar-refractivity contribution in [3.05, 3.63) is 58.1 Å². The van der Waals surface area contributed by atoms with Gasteiger partial charge in [-0.05, 0) is 41.7 Å². The van der Waals surface area contributed by atoms with Crippen LogP contribution in [-0.2, 0) is 6.42 Å². The Labute approximate surface area is 105 Å². The molecule has 0 aromatic heterocycles. The number of hydrogen-bond donors (Lipinski definition) is 0. The lowest BCUT2D eigenvalue weighted by molar-refractivity contribution is 1.14. The molecule has 0 unspecified atom stereocenters. The Morgan fingerprint density at radius 1 is 0.938 bits per heavy atom. The largest absolute Gasteiger partial charge is 0.0613 e. The van der Waals surface area contributed by atoms with Crippen molar-refractivity contribution < 1.29 is 0 Å². The molecule has 0 heterocycles. The van der Waals surface area contributed by atoms with E-state index in [4.69, 9.17) is 0 Å². The molecule has 0 saturated carbocycles. The van der Waals surface area contributed by atoms with Gasteiger partial charge in [-0.15, -0.1) is 0 Å². The topological polar surface area (TPSA) is 0 Å². The first kappa shape index (κ1) is 11.4. The minimum Gasteiger partial charge on any atom is -0.0613 e. The van der Waals surface area contributed by atoms with Crippen molar-refractivity contribution in [2.75, 3.05) is 0 Å². The molecule has 16 heavy (non-hydrogen) atoms. The summed E-state index contributed by atoms with van der Waals surface area (Å²) in [7, 11) is 0. The maximum absolute atomic E-state index is 3.52. The molecule has 0 aliphatic heterocycles. The van der Waals surface area contributed by atoms with Crippen LogP contribution in [0.3, 0.4) is 0 Å². The van der Waals surface area contributed by atoms with Gasteiger partial charge in [0.05, 0.1) is 0 Å². The fourth-order valence-electron chi connectivity index (χ4n) is 1.76. The highest BCUT2D eigenvalue weighted by molar-refractivity contribution is 9.10. The molecule has 0 N–H and O–H groups in total. The smallest absolute Gasteiger partial charge is 0.0204 e. The molecule has 0 spiro atoms. The summed E-state index contributed by atoms with van der Waals surface area (Å²) in [6, 6.07) is 15.3. The first-order valence-electron chi connectivity index (χ1n) is 5.56. The second-order valence-electron chi connectivity index (χ2n) is 4.01. The molecule has 0 fully saturated rings. The number of benzene rings is 2. The maximum atomic E-state index is 3.52. The van der Waals surface area contributed by atoms with Crippen molar-refractivity contribution in [2.24, 2.45) is 0 Å². The number of rotatable bonds is 2. The molecule has 0 aliphatic rings. The average molecular weight is 275 g/mol. The van der Waals surface area contributed by atoms with Crippen LogP contribution in [0, 0.1) is 6.92 Å². The van der Waals surface area contributed by atoms with Crippen LogP contribution in [0.2, 0.25) is 0 Å². The third-order valence-corrected chi connectivity index (χ3v) is 3.74. The first-order valence-corrected chi connectivity index (χ1v) is 6.35. The van der Waals surface area contributed by atoms with Crippen molar-refractivity contribution in [3.8, 4) is 11.1 Å². The van der Waals surface area contributed by atoms with Crippen LogP contribution >= 0.6 is 15.9 Å². The van der Waals surface area contributed by atoms with Gasteiger partial charge in [-0.3, -0.25) is 0 Å². The predicted molar refractivity (Wildman–Crippen MR) is 73.7 cm³/mol. The molecule has 0 radical (unpaired) electrons. The molecule has 0 atom stereocenters. The molecule has 0 saturated heterocycles. The van der Waals surface area contributed by atoms with E-state index < -0.39 is 0 Å². The quantitative estimate of drug-likeness (QED) is 0.724. The lowest BCUT2D eigenvalue weighted by atomic mass is 10.0. The summed E-state index contributed by atoms with van der Waals surface area (Å²) >= 11 is 3.52. The van der Waals surface area contributed by atoms with Crippen molar-refractivity contribution >= 4 is 15.9 Å². The molecule has 2 rings (SSSR count). The van der Waals surface area contributed by atoms with Crippen molar-refractivity contribution in [1.82, 2.24) is 0 Å².